The molecule has 5 aromatic rings. The molecule has 0 saturated carbocycles. The highest BCUT2D eigenvalue weighted by molar-refractivity contribution is 5.61. The van der Waals surface area contributed by atoms with E-state index >= 15 is 0 Å². The van der Waals surface area contributed by atoms with Crippen LogP contribution in [0.5, 0.6) is 28.7 Å². The molecule has 9 nitrogen and oxygen atoms in total. The molecule has 0 aromatic heterocycles. The van der Waals surface area contributed by atoms with Crippen LogP contribution in [0.1, 0.15) is 187 Å². The summed E-state index contributed by atoms with van der Waals surface area (Å²) in [6.07, 6.45) is 2.91. The summed E-state index contributed by atoms with van der Waals surface area (Å²) in [4.78, 5) is 0. The van der Waals surface area contributed by atoms with Gasteiger partial charge in [-0.25, -0.2) is 0 Å². The van der Waals surface area contributed by atoms with Crippen LogP contribution in [0.3, 0.4) is 0 Å². The molecule has 9 heteroatoms. The van der Waals surface area contributed by atoms with Gasteiger partial charge in [-0.2, -0.15) is 0 Å². The van der Waals surface area contributed by atoms with Gasteiger partial charge in [-0.1, -0.05) is 165 Å². The molecule has 0 fully saturated rings. The van der Waals surface area contributed by atoms with Gasteiger partial charge in [0.2, 0.25) is 0 Å². The molecule has 0 radical (unpaired) electrons. The van der Waals surface area contributed by atoms with E-state index < -0.39 is 0 Å². The number of fused-ring (bicyclic) bond motifs is 6. The standard InChI is InChI=1S/C67H91NO8/c1-63(2,3)53-33-43-28-45-35-54(64(4,5)6)37-47-30-49-39-56(66(10,11)12)41-51-32-52-42-57(67(13,14)15)40-50(62(52)76-27-22-71-21-26-75-61(49)51)31-48-38-55(65(7,8)9)36-46(60(48)74-25-20-70-19-24-73-59(45)47)29-44(34-53)58(43)72-23-18-69-17-16-68/h33-42H,16-32,68H2,1-15H3. The van der Waals surface area contributed by atoms with Crippen molar-refractivity contribution in [2.75, 3.05) is 79.2 Å². The van der Waals surface area contributed by atoms with Crippen LogP contribution in [-0.4, -0.2) is 79.2 Å². The fourth-order valence-corrected chi connectivity index (χ4v) is 10.6. The highest BCUT2D eigenvalue weighted by Crippen LogP contribution is 2.45. The second-order valence-electron chi connectivity index (χ2n) is 26.6. The molecule has 0 atom stereocenters. The summed E-state index contributed by atoms with van der Waals surface area (Å²) >= 11 is 0. The molecular weight excluding hydrogens is 947 g/mol. The molecule has 0 amide bonds. The van der Waals surface area contributed by atoms with Gasteiger partial charge in [0.25, 0.3) is 0 Å². The summed E-state index contributed by atoms with van der Waals surface area (Å²) in [6.45, 7) is 39.5. The van der Waals surface area contributed by atoms with Gasteiger partial charge in [0.1, 0.15) is 61.8 Å². The van der Waals surface area contributed by atoms with E-state index in [1.165, 1.54) is 27.8 Å². The van der Waals surface area contributed by atoms with Gasteiger partial charge in [0, 0.05) is 38.6 Å². The van der Waals surface area contributed by atoms with Gasteiger partial charge in [0.15, 0.2) is 0 Å². The zero-order valence-corrected chi connectivity index (χ0v) is 49.1. The Hall–Kier alpha value is -5.06. The minimum Gasteiger partial charge on any atom is -0.491 e. The van der Waals surface area contributed by atoms with E-state index in [0.29, 0.717) is 111 Å². The third kappa shape index (κ3) is 13.8. The Bertz CT molecular complexity index is 2670. The number of ether oxygens (including phenoxy) is 8. The van der Waals surface area contributed by atoms with Crippen molar-refractivity contribution in [1.29, 1.82) is 0 Å². The van der Waals surface area contributed by atoms with Crippen LogP contribution < -0.4 is 29.4 Å². The zero-order valence-electron chi connectivity index (χ0n) is 49.1. The van der Waals surface area contributed by atoms with Crippen LogP contribution >= 0.6 is 0 Å². The van der Waals surface area contributed by atoms with Gasteiger partial charge < -0.3 is 43.6 Å². The number of rotatable bonds is 6. The van der Waals surface area contributed by atoms with Crippen molar-refractivity contribution in [2.24, 2.45) is 5.73 Å². The number of hydrogen-bond donors (Lipinski definition) is 1. The summed E-state index contributed by atoms with van der Waals surface area (Å²) in [5, 5.41) is 0. The third-order valence-electron chi connectivity index (χ3n) is 15.1. The first-order valence-electron chi connectivity index (χ1n) is 28.2. The molecule has 412 valence electrons. The Balaban J connectivity index is 1.55. The Morgan fingerprint density at radius 1 is 0.329 bits per heavy atom. The highest BCUT2D eigenvalue weighted by atomic mass is 16.6. The molecule has 14 bridgehead atoms. The molecular formula is C67H91NO8. The summed E-state index contributed by atoms with van der Waals surface area (Å²) in [7, 11) is 0. The van der Waals surface area contributed by atoms with Crippen molar-refractivity contribution in [3.8, 4) is 28.7 Å². The Labute approximate surface area is 456 Å². The maximum Gasteiger partial charge on any atom is 0.126 e. The van der Waals surface area contributed by atoms with Crippen LogP contribution in [0.2, 0.25) is 0 Å². The van der Waals surface area contributed by atoms with E-state index in [4.69, 9.17) is 43.6 Å². The topological polar surface area (TPSA) is 99.9 Å². The molecule has 76 heavy (non-hydrogen) atoms. The molecule has 5 aromatic carbocycles. The predicted molar refractivity (Wildman–Crippen MR) is 309 cm³/mol. The average Bonchev–Trinajstić information content (AvgIpc) is 3.33. The van der Waals surface area contributed by atoms with E-state index in [0.717, 1.165) is 84.4 Å². The zero-order chi connectivity index (χ0) is 54.8. The van der Waals surface area contributed by atoms with E-state index in [9.17, 15) is 0 Å². The second-order valence-corrected chi connectivity index (χ2v) is 26.6. The summed E-state index contributed by atoms with van der Waals surface area (Å²) in [5.74, 6) is 4.37. The van der Waals surface area contributed by atoms with E-state index in [1.807, 2.05) is 0 Å². The van der Waals surface area contributed by atoms with Crippen LogP contribution in [-0.2, 0) is 73.4 Å². The van der Waals surface area contributed by atoms with E-state index in [1.54, 1.807) is 0 Å². The highest BCUT2D eigenvalue weighted by Gasteiger charge is 2.31. The average molecular weight is 1040 g/mol. The first-order valence-corrected chi connectivity index (χ1v) is 28.2. The van der Waals surface area contributed by atoms with Crippen molar-refractivity contribution < 1.29 is 37.9 Å². The van der Waals surface area contributed by atoms with Crippen molar-refractivity contribution >= 4 is 0 Å². The summed E-state index contributed by atoms with van der Waals surface area (Å²) in [5.41, 5.74) is 22.3. The minimum absolute atomic E-state index is 0.168. The van der Waals surface area contributed by atoms with Gasteiger partial charge in [-0.05, 0) is 111 Å². The lowest BCUT2D eigenvalue weighted by Gasteiger charge is -2.29. The number of nitrogens with two attached hydrogens (primary N) is 1. The Kier molecular flexibility index (Phi) is 17.4. The maximum atomic E-state index is 7.15. The van der Waals surface area contributed by atoms with Crippen LogP contribution in [0, 0.1) is 0 Å². The Morgan fingerprint density at radius 2 is 0.566 bits per heavy atom. The largest absolute Gasteiger partial charge is 0.491 e. The fourth-order valence-electron chi connectivity index (χ4n) is 10.6. The molecule has 3 heterocycles. The SMILES string of the molecule is CC(C)(C)c1cc2c(OCCOCCN)c(c1)Cc1cc(C(C)(C)C)cc3c1OCCOCCOc1c(cc(C(C)(C)C)cc1Cc1cc(C(C)(C)C)cc4c1OCCOCCOc1c(cc(C(C)(C)C)cc1C4)C3)C2. The smallest absolute Gasteiger partial charge is 0.126 e. The van der Waals surface area contributed by atoms with Crippen molar-refractivity contribution in [1.82, 2.24) is 0 Å². The maximum absolute atomic E-state index is 7.15. The van der Waals surface area contributed by atoms with Crippen molar-refractivity contribution in [2.45, 2.75) is 163 Å². The molecule has 4 aliphatic rings. The van der Waals surface area contributed by atoms with Gasteiger partial charge >= 0.3 is 0 Å². The van der Waals surface area contributed by atoms with Gasteiger partial charge in [-0.3, -0.25) is 0 Å². The lowest BCUT2D eigenvalue weighted by Crippen LogP contribution is -2.20. The summed E-state index contributed by atoms with van der Waals surface area (Å²) in [6, 6.07) is 23.8. The number of hydrogen-bond acceptors (Lipinski definition) is 9. The lowest BCUT2D eigenvalue weighted by atomic mass is 9.79. The third-order valence-corrected chi connectivity index (χ3v) is 15.1. The minimum atomic E-state index is -0.185. The molecule has 3 aliphatic heterocycles. The first-order chi connectivity index (χ1) is 35.8. The van der Waals surface area contributed by atoms with Crippen molar-refractivity contribution in [3.63, 3.8) is 0 Å². The quantitative estimate of drug-likeness (QED) is 0.129. The van der Waals surface area contributed by atoms with Crippen LogP contribution in [0.15, 0.2) is 60.7 Å². The second kappa shape index (κ2) is 23.1. The molecule has 1 aliphatic carbocycles. The van der Waals surface area contributed by atoms with Gasteiger partial charge in [0.05, 0.1) is 39.6 Å². The molecule has 0 spiro atoms. The fraction of sp³-hybridized carbons (Fsp3) is 0.552. The first kappa shape index (κ1) is 57.1. The van der Waals surface area contributed by atoms with E-state index in [2.05, 4.69) is 165 Å². The van der Waals surface area contributed by atoms with E-state index in [-0.39, 0.29) is 27.1 Å². The Morgan fingerprint density at radius 3 is 0.803 bits per heavy atom. The summed E-state index contributed by atoms with van der Waals surface area (Å²) < 4.78 is 54.3. The molecule has 2 N–H and O–H groups in total. The predicted octanol–water partition coefficient (Wildman–Crippen LogP) is 13.4. The van der Waals surface area contributed by atoms with Gasteiger partial charge in [-0.15, -0.1) is 0 Å². The van der Waals surface area contributed by atoms with Crippen LogP contribution in [0.25, 0.3) is 0 Å². The molecule has 0 saturated heterocycles. The van der Waals surface area contributed by atoms with Crippen molar-refractivity contribution in [3.05, 3.63) is 144 Å². The normalized spacial score (nSPS) is 16.1. The number of benzene rings is 5. The van der Waals surface area contributed by atoms with Crippen LogP contribution in [0.4, 0.5) is 0 Å². The molecule has 9 rings (SSSR count). The monoisotopic (exact) mass is 1040 g/mol. The lowest BCUT2D eigenvalue weighted by molar-refractivity contribution is 0.0746. The molecule has 0 unspecified atom stereocenters.